The van der Waals surface area contributed by atoms with Crippen LogP contribution in [0.5, 0.6) is 0 Å². The molecule has 0 bridgehead atoms. The SMILES string of the molecule is C=CCN(CC)C(=O)C(N)Cc1ccccc1. The second kappa shape index (κ2) is 6.86. The van der Waals surface area contributed by atoms with Gasteiger partial charge in [-0.15, -0.1) is 6.58 Å². The third-order valence-electron chi connectivity index (χ3n) is 2.66. The van der Waals surface area contributed by atoms with Crippen LogP contribution in [0.15, 0.2) is 43.0 Å². The summed E-state index contributed by atoms with van der Waals surface area (Å²) in [6.07, 6.45) is 2.30. The van der Waals surface area contributed by atoms with E-state index >= 15 is 0 Å². The predicted molar refractivity (Wildman–Crippen MR) is 70.6 cm³/mol. The van der Waals surface area contributed by atoms with E-state index in [0.717, 1.165) is 5.56 Å². The van der Waals surface area contributed by atoms with Crippen molar-refractivity contribution in [2.45, 2.75) is 19.4 Å². The first kappa shape index (κ1) is 13.5. The van der Waals surface area contributed by atoms with Crippen LogP contribution in [0.1, 0.15) is 12.5 Å². The Morgan fingerprint density at radius 1 is 1.47 bits per heavy atom. The number of amides is 1. The van der Waals surface area contributed by atoms with E-state index in [1.165, 1.54) is 0 Å². The number of carbonyl (C=O) groups excluding carboxylic acids is 1. The van der Waals surface area contributed by atoms with Gasteiger partial charge < -0.3 is 10.6 Å². The number of benzene rings is 1. The molecule has 0 aliphatic heterocycles. The van der Waals surface area contributed by atoms with Crippen LogP contribution in [-0.2, 0) is 11.2 Å². The third kappa shape index (κ3) is 4.04. The van der Waals surface area contributed by atoms with Crippen molar-refractivity contribution in [1.29, 1.82) is 0 Å². The first-order valence-corrected chi connectivity index (χ1v) is 5.88. The highest BCUT2D eigenvalue weighted by molar-refractivity contribution is 5.82. The van der Waals surface area contributed by atoms with Crippen molar-refractivity contribution in [3.8, 4) is 0 Å². The first-order valence-electron chi connectivity index (χ1n) is 5.88. The monoisotopic (exact) mass is 232 g/mol. The fourth-order valence-corrected chi connectivity index (χ4v) is 1.72. The molecule has 0 fully saturated rings. The highest BCUT2D eigenvalue weighted by Gasteiger charge is 2.18. The van der Waals surface area contributed by atoms with Crippen LogP contribution in [0.25, 0.3) is 0 Å². The van der Waals surface area contributed by atoms with Crippen molar-refractivity contribution in [3.63, 3.8) is 0 Å². The average Bonchev–Trinajstić information content (AvgIpc) is 2.36. The maximum Gasteiger partial charge on any atom is 0.240 e. The summed E-state index contributed by atoms with van der Waals surface area (Å²) in [6, 6.07) is 9.35. The van der Waals surface area contributed by atoms with Gasteiger partial charge in [0.2, 0.25) is 5.91 Å². The highest BCUT2D eigenvalue weighted by atomic mass is 16.2. The van der Waals surface area contributed by atoms with Crippen molar-refractivity contribution >= 4 is 5.91 Å². The molecular weight excluding hydrogens is 212 g/mol. The minimum atomic E-state index is -0.475. The number of likely N-dealkylation sites (N-methyl/N-ethyl adjacent to an activating group) is 1. The van der Waals surface area contributed by atoms with Gasteiger partial charge in [-0.3, -0.25) is 4.79 Å². The molecule has 1 unspecified atom stereocenters. The van der Waals surface area contributed by atoms with E-state index in [1.54, 1.807) is 11.0 Å². The molecule has 17 heavy (non-hydrogen) atoms. The molecule has 2 N–H and O–H groups in total. The Labute approximate surface area is 103 Å². The van der Waals surface area contributed by atoms with Gasteiger partial charge >= 0.3 is 0 Å². The number of rotatable bonds is 6. The zero-order valence-electron chi connectivity index (χ0n) is 10.3. The first-order chi connectivity index (χ1) is 8.19. The molecule has 0 heterocycles. The number of hydrogen-bond acceptors (Lipinski definition) is 2. The van der Waals surface area contributed by atoms with E-state index < -0.39 is 6.04 Å². The number of nitrogens with zero attached hydrogens (tertiary/aromatic N) is 1. The third-order valence-corrected chi connectivity index (χ3v) is 2.66. The zero-order valence-corrected chi connectivity index (χ0v) is 10.3. The molecule has 1 amide bonds. The van der Waals surface area contributed by atoms with Crippen LogP contribution in [0.2, 0.25) is 0 Å². The molecular formula is C14H20N2O. The molecule has 1 atom stereocenters. The Bertz CT molecular complexity index is 362. The lowest BCUT2D eigenvalue weighted by Gasteiger charge is -2.23. The second-order valence-corrected chi connectivity index (χ2v) is 3.96. The summed E-state index contributed by atoms with van der Waals surface area (Å²) in [5.74, 6) is -0.0174. The smallest absolute Gasteiger partial charge is 0.240 e. The fraction of sp³-hybridized carbons (Fsp3) is 0.357. The van der Waals surface area contributed by atoms with Crippen molar-refractivity contribution in [3.05, 3.63) is 48.6 Å². The van der Waals surface area contributed by atoms with Gasteiger partial charge in [-0.25, -0.2) is 0 Å². The molecule has 3 heteroatoms. The summed E-state index contributed by atoms with van der Waals surface area (Å²) in [5, 5.41) is 0. The predicted octanol–water partition coefficient (Wildman–Crippen LogP) is 1.59. The molecule has 1 aromatic rings. The molecule has 0 radical (unpaired) electrons. The second-order valence-electron chi connectivity index (χ2n) is 3.96. The van der Waals surface area contributed by atoms with Gasteiger partial charge in [-0.2, -0.15) is 0 Å². The van der Waals surface area contributed by atoms with Crippen LogP contribution < -0.4 is 5.73 Å². The van der Waals surface area contributed by atoms with Gasteiger partial charge in [-0.05, 0) is 18.9 Å². The maximum atomic E-state index is 12.0. The van der Waals surface area contributed by atoms with E-state index in [-0.39, 0.29) is 5.91 Å². The molecule has 0 aliphatic rings. The van der Waals surface area contributed by atoms with Gasteiger partial charge in [0.15, 0.2) is 0 Å². The Hall–Kier alpha value is -1.61. The summed E-state index contributed by atoms with van der Waals surface area (Å²) < 4.78 is 0. The van der Waals surface area contributed by atoms with Gasteiger partial charge in [0.25, 0.3) is 0 Å². The highest BCUT2D eigenvalue weighted by Crippen LogP contribution is 2.04. The Morgan fingerprint density at radius 3 is 2.65 bits per heavy atom. The molecule has 0 spiro atoms. The van der Waals surface area contributed by atoms with E-state index in [1.807, 2.05) is 37.3 Å². The molecule has 0 saturated carbocycles. The largest absolute Gasteiger partial charge is 0.338 e. The normalized spacial score (nSPS) is 11.9. The summed E-state index contributed by atoms with van der Waals surface area (Å²) in [5.41, 5.74) is 7.02. The van der Waals surface area contributed by atoms with Gasteiger partial charge in [0.1, 0.15) is 0 Å². The lowest BCUT2D eigenvalue weighted by Crippen LogP contribution is -2.44. The fourth-order valence-electron chi connectivity index (χ4n) is 1.72. The standard InChI is InChI=1S/C14H20N2O/c1-3-10-16(4-2)14(17)13(15)11-12-8-6-5-7-9-12/h3,5-9,13H,1,4,10-11,15H2,2H3. The van der Waals surface area contributed by atoms with Crippen LogP contribution >= 0.6 is 0 Å². The van der Waals surface area contributed by atoms with Crippen LogP contribution in [-0.4, -0.2) is 29.9 Å². The van der Waals surface area contributed by atoms with Gasteiger partial charge in [-0.1, -0.05) is 36.4 Å². The zero-order chi connectivity index (χ0) is 12.7. The van der Waals surface area contributed by atoms with E-state index in [0.29, 0.717) is 19.5 Å². The molecule has 92 valence electrons. The van der Waals surface area contributed by atoms with Gasteiger partial charge in [0, 0.05) is 13.1 Å². The quantitative estimate of drug-likeness (QED) is 0.757. The number of nitrogens with two attached hydrogens (primary N) is 1. The minimum Gasteiger partial charge on any atom is -0.338 e. The van der Waals surface area contributed by atoms with E-state index in [9.17, 15) is 4.79 Å². The Kier molecular flexibility index (Phi) is 5.43. The van der Waals surface area contributed by atoms with Crippen molar-refractivity contribution in [1.82, 2.24) is 4.90 Å². The molecule has 0 saturated heterocycles. The van der Waals surface area contributed by atoms with Crippen LogP contribution in [0.3, 0.4) is 0 Å². The van der Waals surface area contributed by atoms with E-state index in [4.69, 9.17) is 5.73 Å². The molecule has 1 rings (SSSR count). The molecule has 0 aliphatic carbocycles. The Balaban J connectivity index is 2.60. The molecule has 1 aromatic carbocycles. The lowest BCUT2D eigenvalue weighted by molar-refractivity contribution is -0.131. The van der Waals surface area contributed by atoms with Crippen molar-refractivity contribution in [2.75, 3.05) is 13.1 Å². The Morgan fingerprint density at radius 2 is 2.12 bits per heavy atom. The molecule has 3 nitrogen and oxygen atoms in total. The summed E-state index contributed by atoms with van der Waals surface area (Å²) in [7, 11) is 0. The van der Waals surface area contributed by atoms with Crippen LogP contribution in [0.4, 0.5) is 0 Å². The molecule has 0 aromatic heterocycles. The lowest BCUT2D eigenvalue weighted by atomic mass is 10.1. The summed E-state index contributed by atoms with van der Waals surface area (Å²) >= 11 is 0. The summed E-state index contributed by atoms with van der Waals surface area (Å²) in [6.45, 7) is 6.79. The topological polar surface area (TPSA) is 46.3 Å². The summed E-state index contributed by atoms with van der Waals surface area (Å²) in [4.78, 5) is 13.7. The number of hydrogen-bond donors (Lipinski definition) is 1. The van der Waals surface area contributed by atoms with Gasteiger partial charge in [0.05, 0.1) is 6.04 Å². The number of carbonyl (C=O) groups is 1. The maximum absolute atomic E-state index is 12.0. The van der Waals surface area contributed by atoms with Crippen molar-refractivity contribution < 1.29 is 4.79 Å². The van der Waals surface area contributed by atoms with Crippen molar-refractivity contribution in [2.24, 2.45) is 5.73 Å². The van der Waals surface area contributed by atoms with E-state index in [2.05, 4.69) is 6.58 Å². The minimum absolute atomic E-state index is 0.0174. The average molecular weight is 232 g/mol. The van der Waals surface area contributed by atoms with Crippen LogP contribution in [0, 0.1) is 0 Å².